The van der Waals surface area contributed by atoms with Crippen molar-refractivity contribution < 1.29 is 28.2 Å². The van der Waals surface area contributed by atoms with Gasteiger partial charge in [0.05, 0.1) is 16.1 Å². The fourth-order valence-corrected chi connectivity index (χ4v) is 5.95. The lowest BCUT2D eigenvalue weighted by Gasteiger charge is -2.24. The fourth-order valence-electron chi connectivity index (χ4n) is 3.83. The molecule has 0 aromatic heterocycles. The van der Waals surface area contributed by atoms with Crippen LogP contribution in [0.3, 0.4) is 0 Å². The molecule has 0 heterocycles. The molecular formula is C15H17NO6S. The molecule has 5 atom stereocenters. The van der Waals surface area contributed by atoms with Gasteiger partial charge in [0.2, 0.25) is 0 Å². The van der Waals surface area contributed by atoms with E-state index in [1.165, 1.54) is 12.1 Å². The second-order valence-electron chi connectivity index (χ2n) is 6.41. The van der Waals surface area contributed by atoms with Crippen LogP contribution in [0.15, 0.2) is 29.2 Å². The van der Waals surface area contributed by atoms with Gasteiger partial charge < -0.3 is 15.9 Å². The van der Waals surface area contributed by atoms with Gasteiger partial charge in [-0.1, -0.05) is 17.7 Å². The second-order valence-corrected chi connectivity index (χ2v) is 8.58. The zero-order chi connectivity index (χ0) is 17.2. The molecule has 0 aliphatic heterocycles. The van der Waals surface area contributed by atoms with Crippen molar-refractivity contribution in [1.82, 2.24) is 0 Å². The molecule has 0 spiro atoms. The first kappa shape index (κ1) is 15.9. The fraction of sp³-hybridized carbons (Fsp3) is 0.467. The Morgan fingerprint density at radius 3 is 2.26 bits per heavy atom. The molecule has 7 nitrogen and oxygen atoms in total. The molecule has 2 fully saturated rings. The number of aryl methyl sites for hydroxylation is 1. The van der Waals surface area contributed by atoms with Crippen LogP contribution < -0.4 is 5.73 Å². The Balaban J connectivity index is 2.02. The first-order chi connectivity index (χ1) is 10.6. The standard InChI is InChI=1S/C15H17NO6S/c1-7-2-4-8(5-3-7)23(21,22)9-6-15(16,14(19)20)12-10(9)11(12)13(17)18/h2-5,9-12H,6,16H2,1H3,(H,17,18)(H,19,20). The Labute approximate surface area is 133 Å². The van der Waals surface area contributed by atoms with E-state index in [4.69, 9.17) is 5.73 Å². The number of hydrogen-bond acceptors (Lipinski definition) is 5. The highest BCUT2D eigenvalue weighted by atomic mass is 32.2. The van der Waals surface area contributed by atoms with Crippen molar-refractivity contribution in [3.63, 3.8) is 0 Å². The van der Waals surface area contributed by atoms with Gasteiger partial charge in [-0.25, -0.2) is 8.42 Å². The minimum absolute atomic E-state index is 0.0672. The molecule has 4 N–H and O–H groups in total. The molecule has 0 saturated heterocycles. The number of rotatable bonds is 4. The SMILES string of the molecule is Cc1ccc(S(=O)(=O)C2CC(N)(C(=O)O)C3C(C(=O)O)C32)cc1. The van der Waals surface area contributed by atoms with Gasteiger partial charge in [0.15, 0.2) is 9.84 Å². The Bertz CT molecular complexity index is 787. The van der Waals surface area contributed by atoms with Crippen molar-refractivity contribution in [2.75, 3.05) is 0 Å². The molecule has 1 aromatic carbocycles. The lowest BCUT2D eigenvalue weighted by molar-refractivity contribution is -0.145. The van der Waals surface area contributed by atoms with Crippen molar-refractivity contribution in [2.24, 2.45) is 23.5 Å². The van der Waals surface area contributed by atoms with E-state index in [2.05, 4.69) is 0 Å². The molecule has 2 saturated carbocycles. The highest BCUT2D eigenvalue weighted by Gasteiger charge is 2.76. The second kappa shape index (κ2) is 4.78. The quantitative estimate of drug-likeness (QED) is 0.716. The van der Waals surface area contributed by atoms with Crippen LogP contribution in [0, 0.1) is 24.7 Å². The molecule has 5 unspecified atom stereocenters. The number of aliphatic carboxylic acids is 2. The Morgan fingerprint density at radius 2 is 1.78 bits per heavy atom. The highest BCUT2D eigenvalue weighted by molar-refractivity contribution is 7.92. The van der Waals surface area contributed by atoms with E-state index in [-0.39, 0.29) is 11.3 Å². The maximum Gasteiger partial charge on any atom is 0.324 e. The topological polar surface area (TPSA) is 135 Å². The van der Waals surface area contributed by atoms with Crippen molar-refractivity contribution in [2.45, 2.75) is 29.0 Å². The third kappa shape index (κ3) is 2.16. The van der Waals surface area contributed by atoms with Crippen molar-refractivity contribution in [1.29, 1.82) is 0 Å². The molecular weight excluding hydrogens is 322 g/mol. The van der Waals surface area contributed by atoms with Gasteiger partial charge >= 0.3 is 11.9 Å². The number of carboxylic acids is 2. The van der Waals surface area contributed by atoms with Crippen molar-refractivity contribution in [3.8, 4) is 0 Å². The smallest absolute Gasteiger partial charge is 0.324 e. The summed E-state index contributed by atoms with van der Waals surface area (Å²) < 4.78 is 25.6. The average Bonchev–Trinajstić information content (AvgIpc) is 3.13. The molecule has 2 aliphatic carbocycles. The molecule has 2 aliphatic rings. The van der Waals surface area contributed by atoms with E-state index in [1.54, 1.807) is 12.1 Å². The first-order valence-corrected chi connectivity index (χ1v) is 8.71. The van der Waals surface area contributed by atoms with E-state index < -0.39 is 50.3 Å². The molecule has 0 bridgehead atoms. The van der Waals surface area contributed by atoms with Crippen LogP contribution in [0.5, 0.6) is 0 Å². The molecule has 8 heteroatoms. The van der Waals surface area contributed by atoms with E-state index in [9.17, 15) is 28.2 Å². The van der Waals surface area contributed by atoms with E-state index >= 15 is 0 Å². The van der Waals surface area contributed by atoms with Gasteiger partial charge in [0.25, 0.3) is 0 Å². The molecule has 1 aromatic rings. The number of hydrogen-bond donors (Lipinski definition) is 3. The summed E-state index contributed by atoms with van der Waals surface area (Å²) in [4.78, 5) is 22.8. The maximum absolute atomic E-state index is 12.8. The number of sulfone groups is 1. The van der Waals surface area contributed by atoms with Crippen LogP contribution in [0.1, 0.15) is 12.0 Å². The predicted molar refractivity (Wildman–Crippen MR) is 79.4 cm³/mol. The van der Waals surface area contributed by atoms with Gasteiger partial charge in [-0.3, -0.25) is 9.59 Å². The zero-order valence-corrected chi connectivity index (χ0v) is 13.2. The van der Waals surface area contributed by atoms with Crippen LogP contribution in [0.2, 0.25) is 0 Å². The average molecular weight is 339 g/mol. The van der Waals surface area contributed by atoms with Gasteiger partial charge in [-0.05, 0) is 31.4 Å². The Morgan fingerprint density at radius 1 is 1.22 bits per heavy atom. The summed E-state index contributed by atoms with van der Waals surface area (Å²) in [6.07, 6.45) is -0.266. The van der Waals surface area contributed by atoms with Gasteiger partial charge in [0, 0.05) is 5.92 Å². The lowest BCUT2D eigenvalue weighted by atomic mass is 9.91. The van der Waals surface area contributed by atoms with E-state index in [0.717, 1.165) is 5.56 Å². The van der Waals surface area contributed by atoms with Crippen LogP contribution in [-0.2, 0) is 19.4 Å². The number of carbonyl (C=O) groups is 2. The molecule has 0 radical (unpaired) electrons. The number of fused-ring (bicyclic) bond motifs is 1. The summed E-state index contributed by atoms with van der Waals surface area (Å²) in [7, 11) is -3.84. The minimum Gasteiger partial charge on any atom is -0.481 e. The zero-order valence-electron chi connectivity index (χ0n) is 12.3. The lowest BCUT2D eigenvalue weighted by Crippen LogP contribution is -2.51. The largest absolute Gasteiger partial charge is 0.481 e. The number of nitrogens with two attached hydrogens (primary N) is 1. The normalized spacial score (nSPS) is 35.6. The van der Waals surface area contributed by atoms with Crippen LogP contribution >= 0.6 is 0 Å². The highest BCUT2D eigenvalue weighted by Crippen LogP contribution is 2.63. The minimum atomic E-state index is -3.84. The predicted octanol–water partition coefficient (Wildman–Crippen LogP) is 0.270. The Hall–Kier alpha value is -1.93. The van der Waals surface area contributed by atoms with Crippen LogP contribution in [0.25, 0.3) is 0 Å². The first-order valence-electron chi connectivity index (χ1n) is 7.16. The molecule has 0 amide bonds. The third-order valence-electron chi connectivity index (χ3n) is 5.07. The van der Waals surface area contributed by atoms with Crippen LogP contribution in [0.4, 0.5) is 0 Å². The maximum atomic E-state index is 12.8. The monoisotopic (exact) mass is 339 g/mol. The summed E-state index contributed by atoms with van der Waals surface area (Å²) in [5.41, 5.74) is 4.96. The molecule has 23 heavy (non-hydrogen) atoms. The van der Waals surface area contributed by atoms with Gasteiger partial charge in [0.1, 0.15) is 5.54 Å². The molecule has 3 rings (SSSR count). The van der Waals surface area contributed by atoms with E-state index in [0.29, 0.717) is 0 Å². The van der Waals surface area contributed by atoms with Crippen molar-refractivity contribution in [3.05, 3.63) is 29.8 Å². The van der Waals surface area contributed by atoms with E-state index in [1.807, 2.05) is 6.92 Å². The van der Waals surface area contributed by atoms with Crippen molar-refractivity contribution >= 4 is 21.8 Å². The van der Waals surface area contributed by atoms with Gasteiger partial charge in [-0.2, -0.15) is 0 Å². The van der Waals surface area contributed by atoms with Crippen LogP contribution in [-0.4, -0.2) is 41.4 Å². The summed E-state index contributed by atoms with van der Waals surface area (Å²) in [6.45, 7) is 1.82. The number of carboxylic acid groups (broad SMARTS) is 2. The summed E-state index contributed by atoms with van der Waals surface area (Å²) in [5.74, 6) is -5.16. The molecule has 124 valence electrons. The summed E-state index contributed by atoms with van der Waals surface area (Å²) in [6, 6.07) is 6.20. The number of benzene rings is 1. The summed E-state index contributed by atoms with van der Waals surface area (Å²) >= 11 is 0. The van der Waals surface area contributed by atoms with Gasteiger partial charge in [-0.15, -0.1) is 0 Å². The summed E-state index contributed by atoms with van der Waals surface area (Å²) in [5, 5.41) is 17.5. The third-order valence-corrected chi connectivity index (χ3v) is 7.28. The Kier molecular flexibility index (Phi) is 3.32.